The van der Waals surface area contributed by atoms with Gasteiger partial charge in [0.2, 0.25) is 0 Å². The molecule has 21 heavy (non-hydrogen) atoms. The second kappa shape index (κ2) is 5.61. The van der Waals surface area contributed by atoms with Gasteiger partial charge in [-0.05, 0) is 31.2 Å². The van der Waals surface area contributed by atoms with Crippen molar-refractivity contribution in [2.45, 2.75) is 13.0 Å². The predicted molar refractivity (Wildman–Crippen MR) is 84.4 cm³/mol. The molecule has 2 heterocycles. The van der Waals surface area contributed by atoms with Gasteiger partial charge in [0, 0.05) is 13.2 Å². The molecule has 0 aliphatic heterocycles. The predicted octanol–water partition coefficient (Wildman–Crippen LogP) is 3.52. The maximum absolute atomic E-state index is 12.4. The number of hydrogen-bond acceptors (Lipinski definition) is 4. The number of para-hydroxylation sites is 1. The number of hydrogen-bond donors (Lipinski definition) is 0. The summed E-state index contributed by atoms with van der Waals surface area (Å²) in [4.78, 5) is 22.8. The molecule has 0 aliphatic carbocycles. The van der Waals surface area contributed by atoms with Crippen molar-refractivity contribution in [3.05, 3.63) is 59.4 Å². The molecule has 0 saturated heterocycles. The van der Waals surface area contributed by atoms with Crippen molar-refractivity contribution >= 4 is 27.5 Å². The first kappa shape index (κ1) is 13.7. The summed E-state index contributed by atoms with van der Waals surface area (Å²) in [7, 11) is 1.79. The van der Waals surface area contributed by atoms with Crippen LogP contribution in [0.1, 0.15) is 28.5 Å². The summed E-state index contributed by atoms with van der Waals surface area (Å²) in [6.45, 7) is 1.98. The van der Waals surface area contributed by atoms with Crippen LogP contribution in [0.15, 0.2) is 48.7 Å². The summed E-state index contributed by atoms with van der Waals surface area (Å²) < 4.78 is 1.14. The molecule has 0 aliphatic rings. The lowest BCUT2D eigenvalue weighted by atomic mass is 10.2. The number of nitrogens with zero attached hydrogens (tertiary/aromatic N) is 3. The van der Waals surface area contributed by atoms with Crippen LogP contribution in [-0.4, -0.2) is 27.8 Å². The van der Waals surface area contributed by atoms with Gasteiger partial charge in [0.15, 0.2) is 0 Å². The molecule has 1 aromatic carbocycles. The van der Waals surface area contributed by atoms with E-state index in [0.717, 1.165) is 15.2 Å². The van der Waals surface area contributed by atoms with E-state index in [2.05, 4.69) is 9.97 Å². The highest BCUT2D eigenvalue weighted by Crippen LogP contribution is 2.29. The van der Waals surface area contributed by atoms with E-state index in [1.54, 1.807) is 41.6 Å². The zero-order chi connectivity index (χ0) is 14.8. The molecule has 0 bridgehead atoms. The van der Waals surface area contributed by atoms with Crippen LogP contribution in [0.4, 0.5) is 0 Å². The van der Waals surface area contributed by atoms with Gasteiger partial charge < -0.3 is 4.90 Å². The van der Waals surface area contributed by atoms with Crippen molar-refractivity contribution in [2.24, 2.45) is 0 Å². The Morgan fingerprint density at radius 3 is 2.67 bits per heavy atom. The lowest BCUT2D eigenvalue weighted by Crippen LogP contribution is -2.30. The first-order valence-corrected chi connectivity index (χ1v) is 7.52. The Labute approximate surface area is 127 Å². The van der Waals surface area contributed by atoms with Crippen LogP contribution in [-0.2, 0) is 0 Å². The van der Waals surface area contributed by atoms with Crippen LogP contribution >= 0.6 is 11.3 Å². The number of pyridine rings is 1. The number of carbonyl (C=O) groups is 1. The van der Waals surface area contributed by atoms with Gasteiger partial charge in [-0.3, -0.25) is 9.78 Å². The standard InChI is InChI=1S/C16H15N3OS/c1-11(15-18-12-7-3-4-9-14(12)21-15)19(2)16(20)13-8-5-6-10-17-13/h3-11H,1-2H3/t11-/m1/s1. The molecule has 106 valence electrons. The second-order valence-electron chi connectivity index (χ2n) is 4.83. The van der Waals surface area contributed by atoms with Gasteiger partial charge in [-0.1, -0.05) is 18.2 Å². The Bertz CT molecular complexity index is 736. The van der Waals surface area contributed by atoms with Gasteiger partial charge in [0.1, 0.15) is 10.7 Å². The summed E-state index contributed by atoms with van der Waals surface area (Å²) in [5, 5.41) is 0.933. The average molecular weight is 297 g/mol. The van der Waals surface area contributed by atoms with Gasteiger partial charge in [0.25, 0.3) is 5.91 Å². The Balaban J connectivity index is 1.87. The first-order chi connectivity index (χ1) is 10.2. The minimum atomic E-state index is -0.0950. The van der Waals surface area contributed by atoms with E-state index in [-0.39, 0.29) is 11.9 Å². The van der Waals surface area contributed by atoms with Gasteiger partial charge in [-0.15, -0.1) is 11.3 Å². The molecule has 0 N–H and O–H groups in total. The van der Waals surface area contributed by atoms with Crippen LogP contribution in [0.3, 0.4) is 0 Å². The summed E-state index contributed by atoms with van der Waals surface area (Å²) in [5.74, 6) is -0.0950. The van der Waals surface area contributed by atoms with Crippen LogP contribution in [0.2, 0.25) is 0 Å². The Hall–Kier alpha value is -2.27. The third-order valence-electron chi connectivity index (χ3n) is 3.45. The van der Waals surface area contributed by atoms with E-state index in [1.165, 1.54) is 0 Å². The fraction of sp³-hybridized carbons (Fsp3) is 0.188. The number of rotatable bonds is 3. The number of benzene rings is 1. The molecule has 0 radical (unpaired) electrons. The summed E-state index contributed by atoms with van der Waals surface area (Å²) in [6.07, 6.45) is 1.63. The maximum atomic E-state index is 12.4. The topological polar surface area (TPSA) is 46.1 Å². The van der Waals surface area contributed by atoms with E-state index >= 15 is 0 Å². The van der Waals surface area contributed by atoms with Crippen molar-refractivity contribution in [1.29, 1.82) is 0 Å². The fourth-order valence-corrected chi connectivity index (χ4v) is 3.14. The molecule has 4 nitrogen and oxygen atoms in total. The Morgan fingerprint density at radius 1 is 1.19 bits per heavy atom. The van der Waals surface area contributed by atoms with E-state index in [0.29, 0.717) is 5.69 Å². The molecule has 0 unspecified atom stereocenters. The van der Waals surface area contributed by atoms with Gasteiger partial charge in [-0.25, -0.2) is 4.98 Å². The van der Waals surface area contributed by atoms with Crippen molar-refractivity contribution in [3.8, 4) is 0 Å². The van der Waals surface area contributed by atoms with Gasteiger partial charge in [-0.2, -0.15) is 0 Å². The van der Waals surface area contributed by atoms with Gasteiger partial charge in [0.05, 0.1) is 16.3 Å². The molecule has 5 heteroatoms. The monoisotopic (exact) mass is 297 g/mol. The lowest BCUT2D eigenvalue weighted by Gasteiger charge is -2.22. The molecule has 0 saturated carbocycles. The minimum absolute atomic E-state index is 0.0862. The molecule has 1 atom stereocenters. The van der Waals surface area contributed by atoms with Crippen molar-refractivity contribution in [2.75, 3.05) is 7.05 Å². The minimum Gasteiger partial charge on any atom is -0.331 e. The van der Waals surface area contributed by atoms with Crippen LogP contribution in [0.25, 0.3) is 10.2 Å². The second-order valence-corrected chi connectivity index (χ2v) is 5.89. The molecule has 2 aromatic heterocycles. The van der Waals surface area contributed by atoms with Crippen LogP contribution in [0.5, 0.6) is 0 Å². The van der Waals surface area contributed by atoms with Gasteiger partial charge >= 0.3 is 0 Å². The van der Waals surface area contributed by atoms with Crippen molar-refractivity contribution in [3.63, 3.8) is 0 Å². The maximum Gasteiger partial charge on any atom is 0.272 e. The van der Waals surface area contributed by atoms with Crippen molar-refractivity contribution < 1.29 is 4.79 Å². The highest BCUT2D eigenvalue weighted by Gasteiger charge is 2.22. The number of fused-ring (bicyclic) bond motifs is 1. The SMILES string of the molecule is C[C@H](c1nc2ccccc2s1)N(C)C(=O)c1ccccn1. The van der Waals surface area contributed by atoms with Crippen LogP contribution in [0, 0.1) is 0 Å². The molecule has 3 aromatic rings. The van der Waals surface area contributed by atoms with E-state index < -0.39 is 0 Å². The normalized spacial score (nSPS) is 12.3. The van der Waals surface area contributed by atoms with E-state index in [9.17, 15) is 4.79 Å². The lowest BCUT2D eigenvalue weighted by molar-refractivity contribution is 0.0736. The molecular weight excluding hydrogens is 282 g/mol. The molecule has 1 amide bonds. The summed E-state index contributed by atoms with van der Waals surface area (Å²) >= 11 is 1.62. The number of carbonyl (C=O) groups excluding carboxylic acids is 1. The smallest absolute Gasteiger partial charge is 0.272 e. The average Bonchev–Trinajstić information content (AvgIpc) is 2.97. The summed E-state index contributed by atoms with van der Waals surface area (Å²) in [5.41, 5.74) is 1.43. The third-order valence-corrected chi connectivity index (χ3v) is 4.66. The molecule has 3 rings (SSSR count). The van der Waals surface area contributed by atoms with Crippen molar-refractivity contribution in [1.82, 2.24) is 14.9 Å². The summed E-state index contributed by atoms with van der Waals surface area (Å²) in [6, 6.07) is 13.3. The van der Waals surface area contributed by atoms with Crippen LogP contribution < -0.4 is 0 Å². The van der Waals surface area contributed by atoms with E-state index in [1.807, 2.05) is 37.3 Å². The number of thiazole rings is 1. The fourth-order valence-electron chi connectivity index (χ4n) is 2.08. The molecular formula is C16H15N3OS. The third kappa shape index (κ3) is 2.64. The zero-order valence-corrected chi connectivity index (χ0v) is 12.7. The molecule has 0 spiro atoms. The quantitative estimate of drug-likeness (QED) is 0.743. The highest BCUT2D eigenvalue weighted by atomic mass is 32.1. The first-order valence-electron chi connectivity index (χ1n) is 6.70. The number of aromatic nitrogens is 2. The zero-order valence-electron chi connectivity index (χ0n) is 11.9. The Morgan fingerprint density at radius 2 is 1.95 bits per heavy atom. The Kier molecular flexibility index (Phi) is 3.66. The number of amides is 1. The molecule has 0 fully saturated rings. The largest absolute Gasteiger partial charge is 0.331 e. The highest BCUT2D eigenvalue weighted by molar-refractivity contribution is 7.18. The van der Waals surface area contributed by atoms with E-state index in [4.69, 9.17) is 0 Å².